The second-order valence-corrected chi connectivity index (χ2v) is 4.88. The lowest BCUT2D eigenvalue weighted by molar-refractivity contribution is 0.316. The standard InChI is InChI=1S/C11H11NOS/c1-7-11(2,13-7)10-12-8-5-3-4-6-9(8)14-10/h3-7H,1-2H3/t7-,11-/m0/s1. The Balaban J connectivity index is 2.16. The molecule has 2 aromatic rings. The Labute approximate surface area is 86.5 Å². The molecule has 1 aliphatic rings. The van der Waals surface area contributed by atoms with Gasteiger partial charge in [0, 0.05) is 0 Å². The molecule has 0 bridgehead atoms. The van der Waals surface area contributed by atoms with Crippen molar-refractivity contribution < 1.29 is 4.74 Å². The number of hydrogen-bond donors (Lipinski definition) is 0. The fraction of sp³-hybridized carbons (Fsp3) is 0.364. The lowest BCUT2D eigenvalue weighted by Gasteiger charge is -1.97. The molecule has 0 N–H and O–H groups in total. The van der Waals surface area contributed by atoms with Gasteiger partial charge in [-0.2, -0.15) is 0 Å². The molecular weight excluding hydrogens is 194 g/mol. The SMILES string of the molecule is C[C@@H]1O[C@]1(C)c1nc2ccccc2s1. The molecule has 2 nitrogen and oxygen atoms in total. The third-order valence-electron chi connectivity index (χ3n) is 2.86. The number of ether oxygens (including phenoxy) is 1. The first-order valence-corrected chi connectivity index (χ1v) is 5.56. The molecule has 2 heterocycles. The van der Waals surface area contributed by atoms with E-state index in [-0.39, 0.29) is 5.60 Å². The first-order chi connectivity index (χ1) is 6.70. The number of aromatic nitrogens is 1. The molecule has 1 aromatic carbocycles. The van der Waals surface area contributed by atoms with Crippen molar-refractivity contribution in [3.05, 3.63) is 29.3 Å². The van der Waals surface area contributed by atoms with E-state index in [1.165, 1.54) is 4.70 Å². The van der Waals surface area contributed by atoms with E-state index in [2.05, 4.69) is 24.9 Å². The van der Waals surface area contributed by atoms with Crippen molar-refractivity contribution in [1.29, 1.82) is 0 Å². The summed E-state index contributed by atoms with van der Waals surface area (Å²) < 4.78 is 6.81. The summed E-state index contributed by atoms with van der Waals surface area (Å²) in [6.07, 6.45) is 0.308. The van der Waals surface area contributed by atoms with E-state index in [0.717, 1.165) is 10.5 Å². The summed E-state index contributed by atoms with van der Waals surface area (Å²) in [5, 5.41) is 1.10. The number of nitrogens with zero attached hydrogens (tertiary/aromatic N) is 1. The van der Waals surface area contributed by atoms with E-state index in [1.54, 1.807) is 11.3 Å². The van der Waals surface area contributed by atoms with Gasteiger partial charge in [0.15, 0.2) is 0 Å². The number of fused-ring (bicyclic) bond motifs is 1. The van der Waals surface area contributed by atoms with Crippen LogP contribution in [0.25, 0.3) is 10.2 Å². The summed E-state index contributed by atoms with van der Waals surface area (Å²) in [6.45, 7) is 4.20. The van der Waals surface area contributed by atoms with Crippen molar-refractivity contribution in [3.63, 3.8) is 0 Å². The Kier molecular flexibility index (Phi) is 1.53. The van der Waals surface area contributed by atoms with Crippen LogP contribution in [0.4, 0.5) is 0 Å². The van der Waals surface area contributed by atoms with Gasteiger partial charge in [-0.15, -0.1) is 11.3 Å². The van der Waals surface area contributed by atoms with E-state index in [9.17, 15) is 0 Å². The van der Waals surface area contributed by atoms with Crippen LogP contribution in [0.2, 0.25) is 0 Å². The van der Waals surface area contributed by atoms with Gasteiger partial charge >= 0.3 is 0 Å². The first kappa shape index (κ1) is 8.38. The summed E-state index contributed by atoms with van der Waals surface area (Å²) >= 11 is 1.73. The molecule has 1 aromatic heterocycles. The van der Waals surface area contributed by atoms with Crippen LogP contribution in [0.3, 0.4) is 0 Å². The Hall–Kier alpha value is -0.930. The van der Waals surface area contributed by atoms with Gasteiger partial charge in [-0.3, -0.25) is 0 Å². The summed E-state index contributed by atoms with van der Waals surface area (Å²) in [4.78, 5) is 4.59. The Bertz CT molecular complexity index is 460. The van der Waals surface area contributed by atoms with Crippen molar-refractivity contribution in [2.45, 2.75) is 25.6 Å². The number of hydrogen-bond acceptors (Lipinski definition) is 3. The summed E-state index contributed by atoms with van der Waals surface area (Å²) in [6, 6.07) is 8.22. The predicted molar refractivity (Wildman–Crippen MR) is 57.5 cm³/mol. The second kappa shape index (κ2) is 2.55. The molecule has 0 saturated carbocycles. The second-order valence-electron chi connectivity index (χ2n) is 3.85. The molecule has 0 radical (unpaired) electrons. The van der Waals surface area contributed by atoms with Gasteiger partial charge in [0.1, 0.15) is 10.6 Å². The topological polar surface area (TPSA) is 25.4 Å². The minimum absolute atomic E-state index is 0.121. The molecule has 0 unspecified atom stereocenters. The smallest absolute Gasteiger partial charge is 0.143 e. The molecule has 3 heteroatoms. The molecule has 1 aliphatic heterocycles. The fourth-order valence-electron chi connectivity index (χ4n) is 1.64. The number of para-hydroxylation sites is 1. The van der Waals surface area contributed by atoms with E-state index >= 15 is 0 Å². The van der Waals surface area contributed by atoms with Crippen LogP contribution in [0.1, 0.15) is 18.9 Å². The Morgan fingerprint density at radius 2 is 2.14 bits per heavy atom. The zero-order valence-corrected chi connectivity index (χ0v) is 8.97. The van der Waals surface area contributed by atoms with Crippen LogP contribution in [0.5, 0.6) is 0 Å². The molecule has 0 spiro atoms. The maximum Gasteiger partial charge on any atom is 0.143 e. The van der Waals surface area contributed by atoms with E-state index in [1.807, 2.05) is 18.2 Å². The summed E-state index contributed by atoms with van der Waals surface area (Å²) in [7, 11) is 0. The van der Waals surface area contributed by atoms with Crippen molar-refractivity contribution in [2.24, 2.45) is 0 Å². The summed E-state index contributed by atoms with van der Waals surface area (Å²) in [5.41, 5.74) is 0.959. The largest absolute Gasteiger partial charge is 0.359 e. The molecular formula is C11H11NOS. The van der Waals surface area contributed by atoms with E-state index in [4.69, 9.17) is 4.74 Å². The molecule has 14 heavy (non-hydrogen) atoms. The number of benzene rings is 1. The first-order valence-electron chi connectivity index (χ1n) is 4.74. The highest BCUT2D eigenvalue weighted by molar-refractivity contribution is 7.18. The van der Waals surface area contributed by atoms with E-state index < -0.39 is 0 Å². The molecule has 1 fully saturated rings. The van der Waals surface area contributed by atoms with Crippen molar-refractivity contribution >= 4 is 21.6 Å². The van der Waals surface area contributed by atoms with Gasteiger partial charge in [0.2, 0.25) is 0 Å². The van der Waals surface area contributed by atoms with Gasteiger partial charge in [0.25, 0.3) is 0 Å². The zero-order valence-electron chi connectivity index (χ0n) is 8.15. The van der Waals surface area contributed by atoms with Crippen molar-refractivity contribution in [3.8, 4) is 0 Å². The predicted octanol–water partition coefficient (Wildman–Crippen LogP) is 2.93. The molecule has 0 aliphatic carbocycles. The zero-order chi connectivity index (χ0) is 9.76. The highest BCUT2D eigenvalue weighted by Crippen LogP contribution is 2.47. The van der Waals surface area contributed by atoms with Crippen LogP contribution < -0.4 is 0 Å². The van der Waals surface area contributed by atoms with Crippen LogP contribution in [0.15, 0.2) is 24.3 Å². The average molecular weight is 205 g/mol. The quantitative estimate of drug-likeness (QED) is 0.669. The third kappa shape index (κ3) is 1.03. The minimum atomic E-state index is -0.121. The maximum atomic E-state index is 5.57. The monoisotopic (exact) mass is 205 g/mol. The normalized spacial score (nSPS) is 30.9. The third-order valence-corrected chi connectivity index (χ3v) is 4.11. The van der Waals surface area contributed by atoms with Gasteiger partial charge in [-0.1, -0.05) is 12.1 Å². The van der Waals surface area contributed by atoms with Gasteiger partial charge in [0.05, 0.1) is 16.3 Å². The van der Waals surface area contributed by atoms with Crippen LogP contribution in [-0.2, 0) is 10.3 Å². The minimum Gasteiger partial charge on any atom is -0.359 e. The lowest BCUT2D eigenvalue weighted by Crippen LogP contribution is -2.04. The molecule has 2 atom stereocenters. The Morgan fingerprint density at radius 3 is 2.79 bits per heavy atom. The van der Waals surface area contributed by atoms with Crippen molar-refractivity contribution in [1.82, 2.24) is 4.98 Å². The molecule has 1 saturated heterocycles. The average Bonchev–Trinajstić information content (AvgIpc) is 2.66. The van der Waals surface area contributed by atoms with Crippen molar-refractivity contribution in [2.75, 3.05) is 0 Å². The van der Waals surface area contributed by atoms with E-state index in [0.29, 0.717) is 6.10 Å². The number of thiazole rings is 1. The molecule has 0 amide bonds. The molecule has 72 valence electrons. The van der Waals surface area contributed by atoms with Gasteiger partial charge in [-0.05, 0) is 26.0 Å². The Morgan fingerprint density at radius 1 is 1.43 bits per heavy atom. The van der Waals surface area contributed by atoms with Gasteiger partial charge in [-0.25, -0.2) is 4.98 Å². The van der Waals surface area contributed by atoms with Gasteiger partial charge < -0.3 is 4.74 Å². The highest BCUT2D eigenvalue weighted by Gasteiger charge is 2.52. The number of epoxide rings is 1. The van der Waals surface area contributed by atoms with Crippen LogP contribution in [-0.4, -0.2) is 11.1 Å². The summed E-state index contributed by atoms with van der Waals surface area (Å²) in [5.74, 6) is 0. The number of rotatable bonds is 1. The fourth-order valence-corrected chi connectivity index (χ4v) is 2.78. The molecule has 3 rings (SSSR count). The lowest BCUT2D eigenvalue weighted by atomic mass is 10.1. The van der Waals surface area contributed by atoms with Crippen LogP contribution in [0, 0.1) is 0 Å². The highest BCUT2D eigenvalue weighted by atomic mass is 32.1. The van der Waals surface area contributed by atoms with Crippen LogP contribution >= 0.6 is 11.3 Å². The maximum absolute atomic E-state index is 5.57.